The van der Waals surface area contributed by atoms with Gasteiger partial charge in [0.1, 0.15) is 5.82 Å². The summed E-state index contributed by atoms with van der Waals surface area (Å²) in [5, 5.41) is 12.2. The number of hydrogen-bond acceptors (Lipinski definition) is 5. The van der Waals surface area contributed by atoms with Crippen molar-refractivity contribution in [3.63, 3.8) is 0 Å². The molecule has 3 N–H and O–H groups in total. The highest BCUT2D eigenvalue weighted by molar-refractivity contribution is 6.33. The molecule has 1 aliphatic carbocycles. The number of anilines is 1. The SMILES string of the molecule is Cl.Cl.O=C(NO)/C(F)=C/c1cnc(N[C@@H]2CCN(CC3CCCCC3)C2)c(Cl)c1. The van der Waals surface area contributed by atoms with Crippen LogP contribution < -0.4 is 10.8 Å². The Morgan fingerprint density at radius 1 is 1.31 bits per heavy atom. The number of likely N-dealkylation sites (tertiary alicyclic amines) is 1. The third kappa shape index (κ3) is 7.57. The first-order valence-corrected chi connectivity index (χ1v) is 9.89. The van der Waals surface area contributed by atoms with Gasteiger partial charge in [0, 0.05) is 31.9 Å². The number of halogens is 4. The van der Waals surface area contributed by atoms with E-state index in [2.05, 4.69) is 15.2 Å². The molecule has 2 heterocycles. The number of pyridine rings is 1. The summed E-state index contributed by atoms with van der Waals surface area (Å²) in [4.78, 5) is 17.8. The Morgan fingerprint density at radius 3 is 2.69 bits per heavy atom. The van der Waals surface area contributed by atoms with Gasteiger partial charge in [-0.05, 0) is 42.9 Å². The van der Waals surface area contributed by atoms with Crippen molar-refractivity contribution < 1.29 is 14.4 Å². The highest BCUT2D eigenvalue weighted by Crippen LogP contribution is 2.27. The van der Waals surface area contributed by atoms with Crippen LogP contribution in [0.1, 0.15) is 44.1 Å². The molecule has 1 saturated carbocycles. The van der Waals surface area contributed by atoms with Crippen LogP contribution in [0.4, 0.5) is 10.2 Å². The van der Waals surface area contributed by atoms with Crippen LogP contribution in [0, 0.1) is 5.92 Å². The average Bonchev–Trinajstić information content (AvgIpc) is 3.11. The average molecular weight is 470 g/mol. The van der Waals surface area contributed by atoms with Crippen LogP contribution in [0.3, 0.4) is 0 Å². The maximum absolute atomic E-state index is 13.5. The fraction of sp³-hybridized carbons (Fsp3) is 0.579. The number of nitrogens with one attached hydrogen (secondary N) is 2. The van der Waals surface area contributed by atoms with E-state index in [0.29, 0.717) is 16.4 Å². The monoisotopic (exact) mass is 468 g/mol. The maximum atomic E-state index is 13.5. The Bertz CT molecular complexity index is 702. The Kier molecular flexibility index (Phi) is 11.2. The lowest BCUT2D eigenvalue weighted by Gasteiger charge is -2.26. The molecule has 29 heavy (non-hydrogen) atoms. The van der Waals surface area contributed by atoms with E-state index in [-0.39, 0.29) is 30.9 Å². The van der Waals surface area contributed by atoms with Crippen LogP contribution in [0.2, 0.25) is 5.02 Å². The van der Waals surface area contributed by atoms with Crippen molar-refractivity contribution in [3.05, 3.63) is 28.7 Å². The molecule has 0 unspecified atom stereocenters. The van der Waals surface area contributed by atoms with Crippen molar-refractivity contribution in [1.29, 1.82) is 0 Å². The number of hydrogen-bond donors (Lipinski definition) is 3. The molecule has 1 aromatic heterocycles. The summed E-state index contributed by atoms with van der Waals surface area (Å²) < 4.78 is 13.5. The number of amides is 1. The third-order valence-electron chi connectivity index (χ3n) is 5.33. The first kappa shape index (κ1) is 25.9. The second-order valence-corrected chi connectivity index (χ2v) is 7.83. The zero-order valence-corrected chi connectivity index (χ0v) is 18.5. The quantitative estimate of drug-likeness (QED) is 0.326. The lowest BCUT2D eigenvalue weighted by molar-refractivity contribution is -0.126. The molecular weight excluding hydrogens is 442 g/mol. The van der Waals surface area contributed by atoms with Crippen molar-refractivity contribution in [1.82, 2.24) is 15.4 Å². The Hall–Kier alpha value is -1.12. The predicted octanol–water partition coefficient (Wildman–Crippen LogP) is 4.46. The maximum Gasteiger partial charge on any atom is 0.303 e. The predicted molar refractivity (Wildman–Crippen MR) is 118 cm³/mol. The van der Waals surface area contributed by atoms with Crippen molar-refractivity contribution in [2.45, 2.75) is 44.6 Å². The fourth-order valence-corrected chi connectivity index (χ4v) is 4.18. The van der Waals surface area contributed by atoms with E-state index < -0.39 is 11.7 Å². The number of hydroxylamine groups is 1. The van der Waals surface area contributed by atoms with Gasteiger partial charge in [0.2, 0.25) is 0 Å². The van der Waals surface area contributed by atoms with E-state index in [9.17, 15) is 9.18 Å². The molecule has 0 radical (unpaired) electrons. The molecule has 0 bridgehead atoms. The van der Waals surface area contributed by atoms with Crippen LogP contribution in [-0.4, -0.2) is 46.7 Å². The van der Waals surface area contributed by atoms with E-state index in [0.717, 1.165) is 31.5 Å². The van der Waals surface area contributed by atoms with Gasteiger partial charge in [-0.2, -0.15) is 0 Å². The summed E-state index contributed by atoms with van der Waals surface area (Å²) in [6.45, 7) is 3.23. The molecule has 2 fully saturated rings. The van der Waals surface area contributed by atoms with Gasteiger partial charge in [0.05, 0.1) is 5.02 Å². The number of carbonyl (C=O) groups excluding carboxylic acids is 1. The normalized spacial score (nSPS) is 20.5. The zero-order valence-electron chi connectivity index (χ0n) is 16.1. The molecule has 0 aromatic carbocycles. The summed E-state index contributed by atoms with van der Waals surface area (Å²) in [5.41, 5.74) is 1.58. The summed E-state index contributed by atoms with van der Waals surface area (Å²) in [7, 11) is 0. The molecule has 2 aliphatic rings. The molecule has 1 aliphatic heterocycles. The smallest absolute Gasteiger partial charge is 0.303 e. The second kappa shape index (κ2) is 12.5. The second-order valence-electron chi connectivity index (χ2n) is 7.43. The molecule has 164 valence electrons. The number of nitrogens with zero attached hydrogens (tertiary/aromatic N) is 2. The van der Waals surface area contributed by atoms with Gasteiger partial charge in [-0.25, -0.2) is 14.9 Å². The number of carbonyl (C=O) groups is 1. The Morgan fingerprint density at radius 2 is 2.03 bits per heavy atom. The van der Waals surface area contributed by atoms with Gasteiger partial charge in [-0.15, -0.1) is 24.8 Å². The van der Waals surface area contributed by atoms with Gasteiger partial charge in [-0.3, -0.25) is 10.0 Å². The summed E-state index contributed by atoms with van der Waals surface area (Å²) >= 11 is 6.26. The van der Waals surface area contributed by atoms with Crippen LogP contribution in [0.25, 0.3) is 6.08 Å². The molecule has 1 aromatic rings. The summed E-state index contributed by atoms with van der Waals surface area (Å²) in [6, 6.07) is 1.83. The fourth-order valence-electron chi connectivity index (χ4n) is 3.95. The van der Waals surface area contributed by atoms with E-state index in [1.807, 2.05) is 0 Å². The van der Waals surface area contributed by atoms with E-state index >= 15 is 0 Å². The van der Waals surface area contributed by atoms with Crippen LogP contribution in [-0.2, 0) is 4.79 Å². The molecular formula is C19H28Cl3FN4O2. The minimum Gasteiger partial charge on any atom is -0.365 e. The number of rotatable bonds is 6. The van der Waals surface area contributed by atoms with E-state index in [1.54, 1.807) is 0 Å². The number of aromatic nitrogens is 1. The molecule has 1 amide bonds. The lowest BCUT2D eigenvalue weighted by atomic mass is 9.89. The van der Waals surface area contributed by atoms with Crippen molar-refractivity contribution in [3.8, 4) is 0 Å². The van der Waals surface area contributed by atoms with Gasteiger partial charge in [-0.1, -0.05) is 30.9 Å². The molecule has 6 nitrogen and oxygen atoms in total. The minimum absolute atomic E-state index is 0. The first-order chi connectivity index (χ1) is 13.0. The van der Waals surface area contributed by atoms with Crippen LogP contribution in [0.15, 0.2) is 18.1 Å². The van der Waals surface area contributed by atoms with Crippen molar-refractivity contribution in [2.75, 3.05) is 25.0 Å². The summed E-state index contributed by atoms with van der Waals surface area (Å²) in [6.07, 6.45) is 10.2. The molecule has 0 spiro atoms. The lowest BCUT2D eigenvalue weighted by Crippen LogP contribution is -2.31. The van der Waals surface area contributed by atoms with Crippen LogP contribution >= 0.6 is 36.4 Å². The van der Waals surface area contributed by atoms with Gasteiger partial charge in [0.15, 0.2) is 5.83 Å². The van der Waals surface area contributed by atoms with Crippen LogP contribution in [0.5, 0.6) is 0 Å². The largest absolute Gasteiger partial charge is 0.365 e. The zero-order chi connectivity index (χ0) is 19.2. The van der Waals surface area contributed by atoms with Crippen molar-refractivity contribution >= 4 is 54.2 Å². The van der Waals surface area contributed by atoms with Gasteiger partial charge >= 0.3 is 5.91 Å². The van der Waals surface area contributed by atoms with Crippen molar-refractivity contribution in [2.24, 2.45) is 5.92 Å². The standard InChI is InChI=1S/C19H26ClFN4O2.2ClH/c20-16-8-14(9-17(21)19(26)24-27)10-22-18(16)23-15-6-7-25(12-15)11-13-4-2-1-3-5-13;;/h8-10,13,15,27H,1-7,11-12H2,(H,22,23)(H,24,26);2*1H/b17-9-;;/t15-;;/m1../s1. The van der Waals surface area contributed by atoms with E-state index in [4.69, 9.17) is 16.8 Å². The van der Waals surface area contributed by atoms with Gasteiger partial charge in [0.25, 0.3) is 0 Å². The third-order valence-corrected chi connectivity index (χ3v) is 5.62. The molecule has 10 heteroatoms. The Labute approximate surface area is 188 Å². The Balaban J connectivity index is 0.00000210. The summed E-state index contributed by atoms with van der Waals surface area (Å²) in [5.74, 6) is -0.941. The molecule has 3 rings (SSSR count). The first-order valence-electron chi connectivity index (χ1n) is 9.51. The van der Waals surface area contributed by atoms with E-state index in [1.165, 1.54) is 56.4 Å². The van der Waals surface area contributed by atoms with Gasteiger partial charge < -0.3 is 10.2 Å². The molecule has 1 atom stereocenters. The highest BCUT2D eigenvalue weighted by atomic mass is 35.5. The minimum atomic E-state index is -1.21. The highest BCUT2D eigenvalue weighted by Gasteiger charge is 2.26. The topological polar surface area (TPSA) is 77.5 Å². The molecule has 1 saturated heterocycles.